The van der Waals surface area contributed by atoms with Crippen molar-refractivity contribution in [1.82, 2.24) is 10.2 Å². The van der Waals surface area contributed by atoms with Crippen LogP contribution in [0.2, 0.25) is 0 Å². The number of nitrogens with zero attached hydrogens (tertiary/aromatic N) is 1. The van der Waals surface area contributed by atoms with Crippen molar-refractivity contribution in [2.24, 2.45) is 5.92 Å². The molecule has 17 heavy (non-hydrogen) atoms. The third-order valence-corrected chi connectivity index (χ3v) is 3.31. The van der Waals surface area contributed by atoms with E-state index in [1.807, 2.05) is 11.8 Å². The molecular weight excluding hydrogens is 216 g/mol. The average molecular weight is 242 g/mol. The summed E-state index contributed by atoms with van der Waals surface area (Å²) < 4.78 is 5.09. The molecule has 3 atom stereocenters. The first kappa shape index (κ1) is 14.5. The van der Waals surface area contributed by atoms with Crippen LogP contribution in [-0.2, 0) is 9.53 Å². The lowest BCUT2D eigenvalue weighted by Gasteiger charge is -2.31. The molecule has 100 valence electrons. The summed E-state index contributed by atoms with van der Waals surface area (Å²) in [4.78, 5) is 14.1. The Morgan fingerprint density at radius 1 is 1.41 bits per heavy atom. The van der Waals surface area contributed by atoms with Gasteiger partial charge in [-0.15, -0.1) is 0 Å². The Hall–Kier alpha value is -0.610. The number of amides is 1. The molecule has 0 saturated carbocycles. The maximum Gasteiger partial charge on any atom is 0.240 e. The number of nitrogens with one attached hydrogen (secondary N) is 1. The number of carbonyl (C=O) groups excluding carboxylic acids is 1. The molecule has 1 heterocycles. The summed E-state index contributed by atoms with van der Waals surface area (Å²) in [5, 5.41) is 3.38. The van der Waals surface area contributed by atoms with Gasteiger partial charge in [0, 0.05) is 19.8 Å². The van der Waals surface area contributed by atoms with E-state index in [2.05, 4.69) is 26.1 Å². The third-order valence-electron chi connectivity index (χ3n) is 3.31. The lowest BCUT2D eigenvalue weighted by atomic mass is 10.1. The van der Waals surface area contributed by atoms with Crippen LogP contribution in [0.1, 0.15) is 40.5 Å². The maximum atomic E-state index is 12.1. The van der Waals surface area contributed by atoms with Gasteiger partial charge in [-0.25, -0.2) is 0 Å². The van der Waals surface area contributed by atoms with E-state index in [0.717, 1.165) is 12.8 Å². The Morgan fingerprint density at radius 3 is 2.59 bits per heavy atom. The van der Waals surface area contributed by atoms with Crippen LogP contribution in [0.25, 0.3) is 0 Å². The first-order valence-corrected chi connectivity index (χ1v) is 6.54. The highest BCUT2D eigenvalue weighted by molar-refractivity contribution is 5.84. The zero-order valence-electron chi connectivity index (χ0n) is 11.7. The molecule has 1 amide bonds. The number of carbonyl (C=O) groups is 1. The molecule has 0 aromatic carbocycles. The van der Waals surface area contributed by atoms with E-state index in [4.69, 9.17) is 4.74 Å². The number of hydrogen-bond donors (Lipinski definition) is 1. The molecule has 1 aliphatic rings. The van der Waals surface area contributed by atoms with E-state index in [1.165, 1.54) is 0 Å². The number of methoxy groups -OCH3 is 1. The highest BCUT2D eigenvalue weighted by Crippen LogP contribution is 2.21. The second-order valence-electron chi connectivity index (χ2n) is 5.41. The van der Waals surface area contributed by atoms with Crippen LogP contribution in [0, 0.1) is 5.92 Å². The molecule has 0 aromatic rings. The van der Waals surface area contributed by atoms with Crippen molar-refractivity contribution >= 4 is 5.91 Å². The Labute approximate surface area is 105 Å². The van der Waals surface area contributed by atoms with Crippen LogP contribution < -0.4 is 5.32 Å². The van der Waals surface area contributed by atoms with Gasteiger partial charge in [-0.3, -0.25) is 10.1 Å². The zero-order valence-corrected chi connectivity index (χ0v) is 11.7. The van der Waals surface area contributed by atoms with Gasteiger partial charge in [0.25, 0.3) is 0 Å². The molecule has 0 aromatic heterocycles. The highest BCUT2D eigenvalue weighted by atomic mass is 16.5. The quantitative estimate of drug-likeness (QED) is 0.769. The number of hydrogen-bond acceptors (Lipinski definition) is 3. The fourth-order valence-corrected chi connectivity index (χ4v) is 2.40. The molecule has 0 radical (unpaired) electrons. The zero-order chi connectivity index (χ0) is 13.0. The van der Waals surface area contributed by atoms with Crippen molar-refractivity contribution in [3.05, 3.63) is 0 Å². The molecular formula is C13H26N2O2. The van der Waals surface area contributed by atoms with Crippen molar-refractivity contribution in [1.29, 1.82) is 0 Å². The van der Waals surface area contributed by atoms with Gasteiger partial charge in [0.1, 0.15) is 0 Å². The standard InChI is InChI=1S/C13H26N2O2/c1-9(2)8-12-14-11(4)13(16)15(12)10(3)6-7-17-5/h9-12,14H,6-8H2,1-5H3. The van der Waals surface area contributed by atoms with Crippen molar-refractivity contribution in [2.45, 2.75) is 58.8 Å². The largest absolute Gasteiger partial charge is 0.385 e. The predicted octanol–water partition coefficient (Wildman–Crippen LogP) is 1.60. The number of ether oxygens (including phenoxy) is 1. The molecule has 4 heteroatoms. The molecule has 4 nitrogen and oxygen atoms in total. The minimum Gasteiger partial charge on any atom is -0.385 e. The molecule has 1 saturated heterocycles. The summed E-state index contributed by atoms with van der Waals surface area (Å²) in [5.74, 6) is 0.807. The van der Waals surface area contributed by atoms with Gasteiger partial charge >= 0.3 is 0 Å². The summed E-state index contributed by atoms with van der Waals surface area (Å²) in [6.45, 7) is 9.12. The van der Waals surface area contributed by atoms with Gasteiger partial charge in [-0.1, -0.05) is 13.8 Å². The van der Waals surface area contributed by atoms with Crippen molar-refractivity contribution in [2.75, 3.05) is 13.7 Å². The highest BCUT2D eigenvalue weighted by Gasteiger charge is 2.38. The van der Waals surface area contributed by atoms with E-state index >= 15 is 0 Å². The van der Waals surface area contributed by atoms with Crippen LogP contribution in [0.4, 0.5) is 0 Å². The molecule has 0 spiro atoms. The van der Waals surface area contributed by atoms with Gasteiger partial charge in [0.05, 0.1) is 12.2 Å². The normalized spacial score (nSPS) is 26.9. The second kappa shape index (κ2) is 6.36. The molecule has 1 rings (SSSR count). The molecule has 3 unspecified atom stereocenters. The van der Waals surface area contributed by atoms with Gasteiger partial charge in [-0.2, -0.15) is 0 Å². The summed E-state index contributed by atoms with van der Waals surface area (Å²) >= 11 is 0. The minimum absolute atomic E-state index is 0.0521. The van der Waals surface area contributed by atoms with Crippen LogP contribution in [-0.4, -0.2) is 42.8 Å². The van der Waals surface area contributed by atoms with Crippen molar-refractivity contribution < 1.29 is 9.53 Å². The first-order chi connectivity index (χ1) is 7.97. The van der Waals surface area contributed by atoms with Crippen LogP contribution in [0.5, 0.6) is 0 Å². The number of rotatable bonds is 6. The van der Waals surface area contributed by atoms with E-state index in [1.54, 1.807) is 7.11 Å². The predicted molar refractivity (Wildman–Crippen MR) is 68.6 cm³/mol. The summed E-state index contributed by atoms with van der Waals surface area (Å²) in [6.07, 6.45) is 2.09. The lowest BCUT2D eigenvalue weighted by molar-refractivity contribution is -0.132. The molecule has 1 fully saturated rings. The van der Waals surface area contributed by atoms with Crippen LogP contribution in [0.15, 0.2) is 0 Å². The van der Waals surface area contributed by atoms with Gasteiger partial charge < -0.3 is 9.64 Å². The minimum atomic E-state index is -0.0521. The summed E-state index contributed by atoms with van der Waals surface area (Å²) in [7, 11) is 1.70. The molecule has 1 N–H and O–H groups in total. The molecule has 0 aliphatic carbocycles. The third kappa shape index (κ3) is 3.68. The lowest BCUT2D eigenvalue weighted by Crippen LogP contribution is -2.44. The Morgan fingerprint density at radius 2 is 2.06 bits per heavy atom. The van der Waals surface area contributed by atoms with Gasteiger partial charge in [0.2, 0.25) is 5.91 Å². The Bertz CT molecular complexity index is 256. The first-order valence-electron chi connectivity index (χ1n) is 6.54. The van der Waals surface area contributed by atoms with Gasteiger partial charge in [0.15, 0.2) is 0 Å². The molecule has 0 bridgehead atoms. The van der Waals surface area contributed by atoms with E-state index in [-0.39, 0.29) is 24.2 Å². The van der Waals surface area contributed by atoms with Crippen molar-refractivity contribution in [3.63, 3.8) is 0 Å². The fourth-order valence-electron chi connectivity index (χ4n) is 2.40. The fraction of sp³-hybridized carbons (Fsp3) is 0.923. The second-order valence-corrected chi connectivity index (χ2v) is 5.41. The van der Waals surface area contributed by atoms with Gasteiger partial charge in [-0.05, 0) is 32.6 Å². The molecule has 1 aliphatic heterocycles. The SMILES string of the molecule is COCCC(C)N1C(=O)C(C)NC1CC(C)C. The monoisotopic (exact) mass is 242 g/mol. The van der Waals surface area contributed by atoms with E-state index in [0.29, 0.717) is 12.5 Å². The Kier molecular flexibility index (Phi) is 5.40. The van der Waals surface area contributed by atoms with E-state index < -0.39 is 0 Å². The average Bonchev–Trinajstić information content (AvgIpc) is 2.50. The van der Waals surface area contributed by atoms with Crippen molar-refractivity contribution in [3.8, 4) is 0 Å². The smallest absolute Gasteiger partial charge is 0.240 e. The van der Waals surface area contributed by atoms with E-state index in [9.17, 15) is 4.79 Å². The van der Waals surface area contributed by atoms with Crippen LogP contribution >= 0.6 is 0 Å². The Balaban J connectivity index is 2.65. The summed E-state index contributed by atoms with van der Waals surface area (Å²) in [5.41, 5.74) is 0. The summed E-state index contributed by atoms with van der Waals surface area (Å²) in [6, 6.07) is 0.187. The maximum absolute atomic E-state index is 12.1. The van der Waals surface area contributed by atoms with Crippen LogP contribution in [0.3, 0.4) is 0 Å². The topological polar surface area (TPSA) is 41.6 Å².